The molecule has 2 rings (SSSR count). The summed E-state index contributed by atoms with van der Waals surface area (Å²) in [6.07, 6.45) is 4.84. The Labute approximate surface area is 113 Å². The summed E-state index contributed by atoms with van der Waals surface area (Å²) in [6.45, 7) is 9.48. The van der Waals surface area contributed by atoms with Gasteiger partial charge in [-0.05, 0) is 32.9 Å². The van der Waals surface area contributed by atoms with Gasteiger partial charge in [0.25, 0.3) is 0 Å². The van der Waals surface area contributed by atoms with Gasteiger partial charge in [0.15, 0.2) is 0 Å². The largest absolute Gasteiger partial charge is 0.444 e. The fourth-order valence-corrected chi connectivity index (χ4v) is 1.42. The zero-order valence-corrected chi connectivity index (χ0v) is 12.1. The van der Waals surface area contributed by atoms with E-state index >= 15 is 0 Å². The van der Waals surface area contributed by atoms with Gasteiger partial charge in [0, 0.05) is 18.6 Å². The van der Waals surface area contributed by atoms with Crippen LogP contribution in [-0.4, -0.2) is 21.1 Å². The molecule has 0 aliphatic heterocycles. The lowest BCUT2D eigenvalue weighted by molar-refractivity contribution is 0.0636. The Morgan fingerprint density at radius 2 is 2.00 bits per heavy atom. The summed E-state index contributed by atoms with van der Waals surface area (Å²) in [5.74, 6) is 0. The van der Waals surface area contributed by atoms with Crippen LogP contribution in [0.4, 0.5) is 10.5 Å². The summed E-state index contributed by atoms with van der Waals surface area (Å²) >= 11 is 0. The molecule has 0 aromatic carbocycles. The highest BCUT2D eigenvalue weighted by atomic mass is 16.6. The van der Waals surface area contributed by atoms with Crippen LogP contribution in [0.15, 0.2) is 30.7 Å². The van der Waals surface area contributed by atoms with E-state index in [9.17, 15) is 4.79 Å². The molecule has 5 heteroatoms. The molecule has 1 amide bonds. The van der Waals surface area contributed by atoms with Gasteiger partial charge < -0.3 is 9.14 Å². The molecule has 0 saturated heterocycles. The fourth-order valence-electron chi connectivity index (χ4n) is 1.42. The molecule has 0 saturated carbocycles. The second-order valence-corrected chi connectivity index (χ2v) is 4.74. The van der Waals surface area contributed by atoms with Crippen molar-refractivity contribution < 1.29 is 9.53 Å². The van der Waals surface area contributed by atoms with Crippen molar-refractivity contribution in [2.45, 2.75) is 40.2 Å². The summed E-state index contributed by atoms with van der Waals surface area (Å²) in [4.78, 5) is 15.7. The first kappa shape index (κ1) is 15.0. The third-order valence-corrected chi connectivity index (χ3v) is 2.03. The molecule has 2 heterocycles. The van der Waals surface area contributed by atoms with Crippen LogP contribution in [0.3, 0.4) is 0 Å². The predicted molar refractivity (Wildman–Crippen MR) is 76.4 cm³/mol. The van der Waals surface area contributed by atoms with Crippen molar-refractivity contribution in [2.75, 3.05) is 5.32 Å². The molecule has 0 fully saturated rings. The number of carbonyl (C=O) groups excluding carboxylic acids is 1. The molecule has 0 spiro atoms. The second-order valence-electron chi connectivity index (χ2n) is 4.74. The molecule has 0 unspecified atom stereocenters. The molecular formula is C14H21N3O2. The number of hydrogen-bond acceptors (Lipinski definition) is 3. The minimum atomic E-state index is -0.497. The maximum absolute atomic E-state index is 11.5. The number of hydrogen-bond donors (Lipinski definition) is 1. The quantitative estimate of drug-likeness (QED) is 0.853. The standard InChI is InChI=1S/C12H15N3O2.C2H6/c1-12(2,3)17-11(16)14-9-4-5-10-13-6-7-15(10)8-9;1-2/h4-8H,1-3H3,(H,14,16);1-2H3. The van der Waals surface area contributed by atoms with E-state index in [-0.39, 0.29) is 0 Å². The molecule has 104 valence electrons. The number of pyridine rings is 1. The Balaban J connectivity index is 0.000000861. The van der Waals surface area contributed by atoms with Crippen molar-refractivity contribution in [3.05, 3.63) is 30.7 Å². The lowest BCUT2D eigenvalue weighted by Gasteiger charge is -2.19. The average molecular weight is 263 g/mol. The van der Waals surface area contributed by atoms with Gasteiger partial charge in [-0.3, -0.25) is 5.32 Å². The van der Waals surface area contributed by atoms with Crippen molar-refractivity contribution in [2.24, 2.45) is 0 Å². The molecule has 5 nitrogen and oxygen atoms in total. The van der Waals surface area contributed by atoms with E-state index in [4.69, 9.17) is 4.74 Å². The van der Waals surface area contributed by atoms with Crippen LogP contribution < -0.4 is 5.32 Å². The summed E-state index contributed by atoms with van der Waals surface area (Å²) < 4.78 is 6.99. The topological polar surface area (TPSA) is 55.6 Å². The number of amides is 1. The number of anilines is 1. The number of rotatable bonds is 1. The highest BCUT2D eigenvalue weighted by molar-refractivity contribution is 5.84. The van der Waals surface area contributed by atoms with Gasteiger partial charge in [0.05, 0.1) is 5.69 Å². The molecule has 0 aliphatic carbocycles. The minimum absolute atomic E-state index is 0.461. The van der Waals surface area contributed by atoms with Crippen molar-refractivity contribution in [1.82, 2.24) is 9.38 Å². The second kappa shape index (κ2) is 6.22. The lowest BCUT2D eigenvalue weighted by Crippen LogP contribution is -2.27. The molecule has 2 aromatic heterocycles. The van der Waals surface area contributed by atoms with Crippen molar-refractivity contribution in [1.29, 1.82) is 0 Å². The van der Waals surface area contributed by atoms with Crippen LogP contribution >= 0.6 is 0 Å². The normalized spacial score (nSPS) is 10.6. The van der Waals surface area contributed by atoms with Crippen LogP contribution in [0.1, 0.15) is 34.6 Å². The minimum Gasteiger partial charge on any atom is -0.444 e. The number of nitrogens with one attached hydrogen (secondary N) is 1. The zero-order valence-electron chi connectivity index (χ0n) is 12.1. The average Bonchev–Trinajstić information content (AvgIpc) is 2.76. The Hall–Kier alpha value is -2.04. The number of aromatic nitrogens is 2. The van der Waals surface area contributed by atoms with Gasteiger partial charge in [-0.25, -0.2) is 9.78 Å². The van der Waals surface area contributed by atoms with Gasteiger partial charge in [0.1, 0.15) is 11.2 Å². The van der Waals surface area contributed by atoms with Gasteiger partial charge >= 0.3 is 6.09 Å². The Morgan fingerprint density at radius 3 is 2.63 bits per heavy atom. The first-order valence-electron chi connectivity index (χ1n) is 6.37. The zero-order chi connectivity index (χ0) is 14.5. The maximum Gasteiger partial charge on any atom is 0.412 e. The molecule has 0 bridgehead atoms. The van der Waals surface area contributed by atoms with Crippen LogP contribution in [0.2, 0.25) is 0 Å². The van der Waals surface area contributed by atoms with Gasteiger partial charge in [-0.15, -0.1) is 0 Å². The first-order valence-corrected chi connectivity index (χ1v) is 6.37. The van der Waals surface area contributed by atoms with Gasteiger partial charge in [0.2, 0.25) is 0 Å². The molecule has 19 heavy (non-hydrogen) atoms. The lowest BCUT2D eigenvalue weighted by atomic mass is 10.2. The van der Waals surface area contributed by atoms with Gasteiger partial charge in [-0.2, -0.15) is 0 Å². The number of carbonyl (C=O) groups is 1. The molecule has 0 atom stereocenters. The summed E-state index contributed by atoms with van der Waals surface area (Å²) in [5, 5.41) is 2.67. The van der Waals surface area contributed by atoms with Gasteiger partial charge in [-0.1, -0.05) is 13.8 Å². The third kappa shape index (κ3) is 4.62. The Kier molecular flexibility index (Phi) is 4.92. The number of nitrogens with zero attached hydrogens (tertiary/aromatic N) is 2. The molecule has 2 aromatic rings. The maximum atomic E-state index is 11.5. The molecular weight excluding hydrogens is 242 g/mol. The van der Waals surface area contributed by atoms with Crippen molar-refractivity contribution in [3.8, 4) is 0 Å². The van der Waals surface area contributed by atoms with Crippen LogP contribution in [0.5, 0.6) is 0 Å². The van der Waals surface area contributed by atoms with E-state index in [1.807, 2.05) is 51.3 Å². The van der Waals surface area contributed by atoms with E-state index in [2.05, 4.69) is 10.3 Å². The molecule has 1 N–H and O–H groups in total. The van der Waals surface area contributed by atoms with Crippen LogP contribution in [0.25, 0.3) is 5.65 Å². The molecule has 0 aliphatic rings. The van der Waals surface area contributed by atoms with E-state index in [1.54, 1.807) is 18.5 Å². The van der Waals surface area contributed by atoms with E-state index < -0.39 is 11.7 Å². The Bertz CT molecular complexity index is 541. The fraction of sp³-hybridized carbons (Fsp3) is 0.429. The highest BCUT2D eigenvalue weighted by Gasteiger charge is 2.16. The first-order chi connectivity index (χ1) is 8.94. The Morgan fingerprint density at radius 1 is 1.32 bits per heavy atom. The monoisotopic (exact) mass is 263 g/mol. The van der Waals surface area contributed by atoms with E-state index in [0.29, 0.717) is 5.69 Å². The third-order valence-electron chi connectivity index (χ3n) is 2.03. The van der Waals surface area contributed by atoms with Crippen LogP contribution in [0, 0.1) is 0 Å². The molecule has 0 radical (unpaired) electrons. The SMILES string of the molecule is CC.CC(C)(C)OC(=O)Nc1ccc2nccn2c1. The smallest absolute Gasteiger partial charge is 0.412 e. The van der Waals surface area contributed by atoms with E-state index in [1.165, 1.54) is 0 Å². The summed E-state index contributed by atoms with van der Waals surface area (Å²) in [7, 11) is 0. The number of fused-ring (bicyclic) bond motifs is 1. The predicted octanol–water partition coefficient (Wildman–Crippen LogP) is 3.71. The number of imidazole rings is 1. The van der Waals surface area contributed by atoms with Crippen molar-refractivity contribution in [3.63, 3.8) is 0 Å². The van der Waals surface area contributed by atoms with E-state index in [0.717, 1.165) is 5.65 Å². The highest BCUT2D eigenvalue weighted by Crippen LogP contribution is 2.12. The van der Waals surface area contributed by atoms with Crippen molar-refractivity contribution >= 4 is 17.4 Å². The van der Waals surface area contributed by atoms with Crippen LogP contribution in [-0.2, 0) is 4.74 Å². The number of ether oxygens (including phenoxy) is 1. The summed E-state index contributed by atoms with van der Waals surface area (Å²) in [5.41, 5.74) is 1.01. The summed E-state index contributed by atoms with van der Waals surface area (Å²) in [6, 6.07) is 3.61.